The fourth-order valence-corrected chi connectivity index (χ4v) is 2.50. The summed E-state index contributed by atoms with van der Waals surface area (Å²) in [6, 6.07) is 11.6. The van der Waals surface area contributed by atoms with Crippen molar-refractivity contribution < 1.29 is 9.53 Å². The molecule has 6 heteroatoms. The van der Waals surface area contributed by atoms with Crippen LogP contribution in [-0.4, -0.2) is 20.7 Å². The normalized spacial score (nSPS) is 10.5. The van der Waals surface area contributed by atoms with Crippen molar-refractivity contribution in [1.29, 1.82) is 0 Å². The molecule has 3 aromatic rings. The van der Waals surface area contributed by atoms with Gasteiger partial charge in [0.2, 0.25) is 5.91 Å². The quantitative estimate of drug-likeness (QED) is 0.678. The third-order valence-electron chi connectivity index (χ3n) is 3.94. The number of pyridine rings is 1. The molecular weight excluding hydrogens is 328 g/mol. The molecule has 6 nitrogen and oxygen atoms in total. The van der Waals surface area contributed by atoms with Gasteiger partial charge in [-0.2, -0.15) is 5.10 Å². The molecule has 1 amide bonds. The zero-order valence-corrected chi connectivity index (χ0v) is 14.8. The first-order valence-corrected chi connectivity index (χ1v) is 8.54. The summed E-state index contributed by atoms with van der Waals surface area (Å²) >= 11 is 0. The minimum Gasteiger partial charge on any atom is -0.489 e. The van der Waals surface area contributed by atoms with Gasteiger partial charge >= 0.3 is 0 Å². The van der Waals surface area contributed by atoms with Crippen molar-refractivity contribution in [2.75, 3.05) is 0 Å². The second-order valence-corrected chi connectivity index (χ2v) is 6.09. The van der Waals surface area contributed by atoms with Gasteiger partial charge in [-0.15, -0.1) is 0 Å². The molecular formula is C20H22N4O2. The van der Waals surface area contributed by atoms with Crippen molar-refractivity contribution >= 4 is 5.91 Å². The Kier molecular flexibility index (Phi) is 5.98. The molecule has 1 aromatic carbocycles. The summed E-state index contributed by atoms with van der Waals surface area (Å²) < 4.78 is 7.47. The third kappa shape index (κ3) is 5.44. The van der Waals surface area contributed by atoms with E-state index in [0.29, 0.717) is 26.0 Å². The van der Waals surface area contributed by atoms with Gasteiger partial charge < -0.3 is 10.1 Å². The van der Waals surface area contributed by atoms with Gasteiger partial charge in [0.15, 0.2) is 0 Å². The van der Waals surface area contributed by atoms with Crippen LogP contribution in [0.15, 0.2) is 61.2 Å². The number of aryl methyl sites for hydroxylation is 2. The summed E-state index contributed by atoms with van der Waals surface area (Å²) in [7, 11) is 1.87. The van der Waals surface area contributed by atoms with E-state index in [2.05, 4.69) is 15.4 Å². The van der Waals surface area contributed by atoms with Gasteiger partial charge in [-0.3, -0.25) is 14.5 Å². The molecule has 0 fully saturated rings. The molecule has 0 spiro atoms. The summed E-state index contributed by atoms with van der Waals surface area (Å²) in [5.74, 6) is 0.825. The lowest BCUT2D eigenvalue weighted by Crippen LogP contribution is -2.22. The predicted octanol–water partition coefficient (Wildman–Crippen LogP) is 2.64. The fourth-order valence-electron chi connectivity index (χ4n) is 2.50. The lowest BCUT2D eigenvalue weighted by atomic mass is 10.2. The van der Waals surface area contributed by atoms with Crippen molar-refractivity contribution in [3.63, 3.8) is 0 Å². The average molecular weight is 350 g/mol. The van der Waals surface area contributed by atoms with Crippen molar-refractivity contribution in [1.82, 2.24) is 20.1 Å². The maximum Gasteiger partial charge on any atom is 0.220 e. The summed E-state index contributed by atoms with van der Waals surface area (Å²) in [4.78, 5) is 16.0. The van der Waals surface area contributed by atoms with Crippen molar-refractivity contribution in [3.8, 4) is 5.75 Å². The van der Waals surface area contributed by atoms with Crippen LogP contribution in [-0.2, 0) is 31.4 Å². The Morgan fingerprint density at radius 3 is 2.65 bits per heavy atom. The van der Waals surface area contributed by atoms with Crippen LogP contribution < -0.4 is 10.1 Å². The van der Waals surface area contributed by atoms with E-state index in [1.54, 1.807) is 23.3 Å². The Hall–Kier alpha value is -3.15. The Balaban J connectivity index is 1.40. The molecule has 0 aliphatic carbocycles. The fraction of sp³-hybridized carbons (Fsp3) is 0.250. The van der Waals surface area contributed by atoms with Gasteiger partial charge in [-0.1, -0.05) is 18.2 Å². The summed E-state index contributed by atoms with van der Waals surface area (Å²) in [6.07, 6.45) is 8.40. The second-order valence-electron chi connectivity index (χ2n) is 6.09. The van der Waals surface area contributed by atoms with Crippen molar-refractivity contribution in [3.05, 3.63) is 77.9 Å². The second kappa shape index (κ2) is 8.80. The first-order valence-electron chi connectivity index (χ1n) is 8.54. The zero-order valence-electron chi connectivity index (χ0n) is 14.8. The van der Waals surface area contributed by atoms with Gasteiger partial charge in [0, 0.05) is 44.2 Å². The molecule has 134 valence electrons. The monoisotopic (exact) mass is 350 g/mol. The number of amides is 1. The zero-order chi connectivity index (χ0) is 18.2. The van der Waals surface area contributed by atoms with Crippen molar-refractivity contribution in [2.45, 2.75) is 26.0 Å². The highest BCUT2D eigenvalue weighted by Crippen LogP contribution is 2.14. The minimum atomic E-state index is 0.0331. The summed E-state index contributed by atoms with van der Waals surface area (Å²) in [6.45, 7) is 0.993. The number of ether oxygens (including phenoxy) is 1. The highest BCUT2D eigenvalue weighted by atomic mass is 16.5. The number of hydrogen-bond acceptors (Lipinski definition) is 4. The first-order chi connectivity index (χ1) is 12.7. The molecule has 0 atom stereocenters. The van der Waals surface area contributed by atoms with Crippen LogP contribution in [0.3, 0.4) is 0 Å². The predicted molar refractivity (Wildman–Crippen MR) is 98.4 cm³/mol. The van der Waals surface area contributed by atoms with E-state index in [1.165, 1.54) is 0 Å². The van der Waals surface area contributed by atoms with E-state index in [4.69, 9.17) is 4.74 Å². The minimum absolute atomic E-state index is 0.0331. The van der Waals surface area contributed by atoms with Gasteiger partial charge in [0.1, 0.15) is 12.4 Å². The molecule has 1 N–H and O–H groups in total. The molecule has 2 heterocycles. The van der Waals surface area contributed by atoms with Crippen LogP contribution in [0.2, 0.25) is 0 Å². The Labute approximate surface area is 152 Å². The van der Waals surface area contributed by atoms with Crippen LogP contribution in [0.25, 0.3) is 0 Å². The average Bonchev–Trinajstić information content (AvgIpc) is 3.10. The van der Waals surface area contributed by atoms with Crippen LogP contribution in [0.5, 0.6) is 5.75 Å². The number of rotatable bonds is 8. The Morgan fingerprint density at radius 1 is 1.12 bits per heavy atom. The van der Waals surface area contributed by atoms with E-state index >= 15 is 0 Å². The van der Waals surface area contributed by atoms with Gasteiger partial charge in [-0.25, -0.2) is 0 Å². The molecule has 26 heavy (non-hydrogen) atoms. The van der Waals surface area contributed by atoms with Crippen LogP contribution in [0, 0.1) is 0 Å². The number of nitrogens with zero attached hydrogens (tertiary/aromatic N) is 3. The smallest absolute Gasteiger partial charge is 0.220 e. The van der Waals surface area contributed by atoms with Crippen LogP contribution in [0.1, 0.15) is 23.1 Å². The first kappa shape index (κ1) is 17.7. The van der Waals surface area contributed by atoms with Gasteiger partial charge in [0.05, 0.1) is 6.20 Å². The van der Waals surface area contributed by atoms with E-state index in [9.17, 15) is 4.79 Å². The van der Waals surface area contributed by atoms with E-state index in [1.807, 2.05) is 49.6 Å². The molecule has 3 rings (SSSR count). The number of benzene rings is 1. The lowest BCUT2D eigenvalue weighted by Gasteiger charge is -2.08. The molecule has 0 radical (unpaired) electrons. The summed E-state index contributed by atoms with van der Waals surface area (Å²) in [5.41, 5.74) is 3.13. The number of carbonyl (C=O) groups excluding carboxylic acids is 1. The Morgan fingerprint density at radius 2 is 1.96 bits per heavy atom. The highest BCUT2D eigenvalue weighted by molar-refractivity contribution is 5.76. The van der Waals surface area contributed by atoms with Crippen LogP contribution in [0.4, 0.5) is 0 Å². The van der Waals surface area contributed by atoms with E-state index < -0.39 is 0 Å². The van der Waals surface area contributed by atoms with E-state index in [-0.39, 0.29) is 5.91 Å². The number of aromatic nitrogens is 3. The topological polar surface area (TPSA) is 69.0 Å². The molecule has 2 aromatic heterocycles. The molecule has 0 saturated carbocycles. The molecule has 0 unspecified atom stereocenters. The molecule has 0 aliphatic heterocycles. The third-order valence-corrected chi connectivity index (χ3v) is 3.94. The van der Waals surface area contributed by atoms with Crippen molar-refractivity contribution in [2.24, 2.45) is 7.05 Å². The SMILES string of the molecule is Cn1cc(CCC(=O)NCc2ccc(OCc3cccnc3)cc2)cn1. The maximum atomic E-state index is 12.0. The summed E-state index contributed by atoms with van der Waals surface area (Å²) in [5, 5.41) is 7.04. The largest absolute Gasteiger partial charge is 0.489 e. The number of nitrogens with one attached hydrogen (secondary N) is 1. The standard InChI is InChI=1S/C20H22N4O2/c1-24-14-17(13-23-24)6-9-20(25)22-12-16-4-7-19(8-5-16)26-15-18-3-2-10-21-11-18/h2-5,7-8,10-11,13-14H,6,9,12,15H2,1H3,(H,22,25). The highest BCUT2D eigenvalue weighted by Gasteiger charge is 2.04. The molecule has 0 saturated heterocycles. The maximum absolute atomic E-state index is 12.0. The number of hydrogen-bond donors (Lipinski definition) is 1. The molecule has 0 bridgehead atoms. The van der Waals surface area contributed by atoms with Crippen LogP contribution >= 0.6 is 0 Å². The van der Waals surface area contributed by atoms with E-state index in [0.717, 1.165) is 22.4 Å². The van der Waals surface area contributed by atoms with Gasteiger partial charge in [-0.05, 0) is 35.7 Å². The molecule has 0 aliphatic rings. The Bertz CT molecular complexity index is 829. The lowest BCUT2D eigenvalue weighted by molar-refractivity contribution is -0.121. The van der Waals surface area contributed by atoms with Gasteiger partial charge in [0.25, 0.3) is 0 Å². The number of carbonyl (C=O) groups is 1.